The van der Waals surface area contributed by atoms with Crippen molar-refractivity contribution in [3.8, 4) is 0 Å². The zero-order valence-corrected chi connectivity index (χ0v) is 11.6. The van der Waals surface area contributed by atoms with Gasteiger partial charge in [-0.05, 0) is 19.9 Å². The van der Waals surface area contributed by atoms with Gasteiger partial charge in [0.2, 0.25) is 0 Å². The summed E-state index contributed by atoms with van der Waals surface area (Å²) < 4.78 is 23.0. The van der Waals surface area contributed by atoms with E-state index in [-0.39, 0.29) is 23.2 Å². The SMILES string of the molecule is Cc1cc(N2CCS(=O)(=O)CC2C)ncc1[N+](=O)[O-]. The van der Waals surface area contributed by atoms with E-state index in [4.69, 9.17) is 0 Å². The standard InChI is InChI=1S/C11H15N3O4S/c1-8-5-11(12-6-10(8)14(15)16)13-3-4-19(17,18)7-9(13)2/h5-6,9H,3-4,7H2,1-2H3. The van der Waals surface area contributed by atoms with E-state index in [1.165, 1.54) is 6.20 Å². The highest BCUT2D eigenvalue weighted by Gasteiger charge is 2.29. The van der Waals surface area contributed by atoms with Gasteiger partial charge < -0.3 is 4.90 Å². The first-order chi connectivity index (χ1) is 8.80. The Kier molecular flexibility index (Phi) is 3.44. The van der Waals surface area contributed by atoms with Crippen molar-refractivity contribution in [1.82, 2.24) is 4.98 Å². The Morgan fingerprint density at radius 1 is 1.53 bits per heavy atom. The zero-order chi connectivity index (χ0) is 14.2. The van der Waals surface area contributed by atoms with Gasteiger partial charge in [-0.25, -0.2) is 13.4 Å². The van der Waals surface area contributed by atoms with Crippen molar-refractivity contribution in [3.63, 3.8) is 0 Å². The van der Waals surface area contributed by atoms with Crippen molar-refractivity contribution in [2.75, 3.05) is 23.0 Å². The molecular weight excluding hydrogens is 270 g/mol. The molecule has 1 aromatic heterocycles. The molecule has 19 heavy (non-hydrogen) atoms. The second-order valence-corrected chi connectivity index (χ2v) is 6.97. The molecule has 1 aliphatic rings. The number of anilines is 1. The summed E-state index contributed by atoms with van der Waals surface area (Å²) in [6, 6.07) is 1.46. The monoisotopic (exact) mass is 285 g/mol. The van der Waals surface area contributed by atoms with Gasteiger partial charge in [0.05, 0.1) is 16.4 Å². The third kappa shape index (κ3) is 2.83. The fourth-order valence-electron chi connectivity index (χ4n) is 2.22. The van der Waals surface area contributed by atoms with Crippen LogP contribution >= 0.6 is 0 Å². The van der Waals surface area contributed by atoms with Crippen LogP contribution in [-0.4, -0.2) is 42.4 Å². The van der Waals surface area contributed by atoms with Gasteiger partial charge in [-0.2, -0.15) is 0 Å². The molecular formula is C11H15N3O4S. The fourth-order valence-corrected chi connectivity index (χ4v) is 3.78. The number of sulfone groups is 1. The molecule has 104 valence electrons. The van der Waals surface area contributed by atoms with E-state index < -0.39 is 14.8 Å². The van der Waals surface area contributed by atoms with Crippen LogP contribution in [0, 0.1) is 17.0 Å². The van der Waals surface area contributed by atoms with E-state index >= 15 is 0 Å². The van der Waals surface area contributed by atoms with E-state index in [2.05, 4.69) is 4.98 Å². The molecule has 8 heteroatoms. The summed E-state index contributed by atoms with van der Waals surface area (Å²) in [4.78, 5) is 16.2. The maximum atomic E-state index is 11.5. The van der Waals surface area contributed by atoms with E-state index in [1.54, 1.807) is 13.0 Å². The molecule has 1 fully saturated rings. The van der Waals surface area contributed by atoms with Crippen molar-refractivity contribution in [2.45, 2.75) is 19.9 Å². The number of aromatic nitrogens is 1. The maximum Gasteiger partial charge on any atom is 0.290 e. The number of nitro groups is 1. The second kappa shape index (κ2) is 4.76. The Bertz CT molecular complexity index is 614. The molecule has 1 saturated heterocycles. The first-order valence-electron chi connectivity index (χ1n) is 5.88. The molecule has 0 N–H and O–H groups in total. The van der Waals surface area contributed by atoms with Crippen molar-refractivity contribution in [1.29, 1.82) is 0 Å². The molecule has 1 aliphatic heterocycles. The minimum Gasteiger partial charge on any atom is -0.352 e. The Balaban J connectivity index is 2.28. The van der Waals surface area contributed by atoms with Crippen LogP contribution in [0.2, 0.25) is 0 Å². The largest absolute Gasteiger partial charge is 0.352 e. The number of pyridine rings is 1. The molecule has 7 nitrogen and oxygen atoms in total. The Morgan fingerprint density at radius 2 is 2.21 bits per heavy atom. The Labute approximate surface area is 111 Å². The summed E-state index contributed by atoms with van der Waals surface area (Å²) in [7, 11) is -2.98. The highest BCUT2D eigenvalue weighted by atomic mass is 32.2. The summed E-state index contributed by atoms with van der Waals surface area (Å²) in [5.41, 5.74) is 0.497. The molecule has 0 aliphatic carbocycles. The summed E-state index contributed by atoms with van der Waals surface area (Å²) in [6.45, 7) is 3.83. The minimum absolute atomic E-state index is 0.0268. The number of hydrogen-bond donors (Lipinski definition) is 0. The van der Waals surface area contributed by atoms with Gasteiger partial charge in [-0.1, -0.05) is 0 Å². The number of aryl methyl sites for hydroxylation is 1. The van der Waals surface area contributed by atoms with Crippen LogP contribution in [0.3, 0.4) is 0 Å². The third-order valence-corrected chi connectivity index (χ3v) is 5.02. The second-order valence-electron chi connectivity index (χ2n) is 4.74. The van der Waals surface area contributed by atoms with Crippen LogP contribution in [0.15, 0.2) is 12.3 Å². The smallest absolute Gasteiger partial charge is 0.290 e. The van der Waals surface area contributed by atoms with Crippen molar-refractivity contribution >= 4 is 21.3 Å². The van der Waals surface area contributed by atoms with E-state index in [9.17, 15) is 18.5 Å². The lowest BCUT2D eigenvalue weighted by Gasteiger charge is -2.34. The molecule has 2 heterocycles. The number of rotatable bonds is 2. The molecule has 0 radical (unpaired) electrons. The first-order valence-corrected chi connectivity index (χ1v) is 7.70. The van der Waals surface area contributed by atoms with Crippen molar-refractivity contribution in [3.05, 3.63) is 27.9 Å². The highest BCUT2D eigenvalue weighted by Crippen LogP contribution is 2.24. The first kappa shape index (κ1) is 13.7. The predicted octanol–water partition coefficient (Wildman–Crippen LogP) is 0.922. The fraction of sp³-hybridized carbons (Fsp3) is 0.545. The normalized spacial score (nSPS) is 22.2. The van der Waals surface area contributed by atoms with Crippen LogP contribution in [0.1, 0.15) is 12.5 Å². The third-order valence-electron chi connectivity index (χ3n) is 3.23. The summed E-state index contributed by atoms with van der Waals surface area (Å²) in [6.07, 6.45) is 1.22. The van der Waals surface area contributed by atoms with Gasteiger partial charge in [0.1, 0.15) is 12.0 Å². The van der Waals surface area contributed by atoms with Crippen LogP contribution in [0.4, 0.5) is 11.5 Å². The van der Waals surface area contributed by atoms with Crippen molar-refractivity contribution in [2.24, 2.45) is 0 Å². The number of nitrogens with zero attached hydrogens (tertiary/aromatic N) is 3. The van der Waals surface area contributed by atoms with E-state index in [1.807, 2.05) is 11.8 Å². The summed E-state index contributed by atoms with van der Waals surface area (Å²) in [5.74, 6) is 0.769. The molecule has 0 spiro atoms. The summed E-state index contributed by atoms with van der Waals surface area (Å²) >= 11 is 0. The quantitative estimate of drug-likeness (QED) is 0.592. The molecule has 0 saturated carbocycles. The molecule has 0 amide bonds. The van der Waals surface area contributed by atoms with Crippen LogP contribution in [-0.2, 0) is 9.84 Å². The van der Waals surface area contributed by atoms with Gasteiger partial charge in [-0.3, -0.25) is 10.1 Å². The molecule has 1 unspecified atom stereocenters. The average molecular weight is 285 g/mol. The maximum absolute atomic E-state index is 11.5. The van der Waals surface area contributed by atoms with Gasteiger partial charge in [0, 0.05) is 18.2 Å². The van der Waals surface area contributed by atoms with E-state index in [0.717, 1.165) is 0 Å². The van der Waals surface area contributed by atoms with Gasteiger partial charge >= 0.3 is 0 Å². The topological polar surface area (TPSA) is 93.4 Å². The molecule has 0 aromatic carbocycles. The van der Waals surface area contributed by atoms with Crippen molar-refractivity contribution < 1.29 is 13.3 Å². The lowest BCUT2D eigenvalue weighted by molar-refractivity contribution is -0.385. The molecule has 0 bridgehead atoms. The molecule has 1 atom stereocenters. The number of hydrogen-bond acceptors (Lipinski definition) is 6. The highest BCUT2D eigenvalue weighted by molar-refractivity contribution is 7.91. The molecule has 1 aromatic rings. The Morgan fingerprint density at radius 3 is 2.74 bits per heavy atom. The molecule has 2 rings (SSSR count). The predicted molar refractivity (Wildman–Crippen MR) is 71.1 cm³/mol. The lowest BCUT2D eigenvalue weighted by atomic mass is 10.2. The van der Waals surface area contributed by atoms with E-state index in [0.29, 0.717) is 17.9 Å². The van der Waals surface area contributed by atoms with Gasteiger partial charge in [0.15, 0.2) is 9.84 Å². The zero-order valence-electron chi connectivity index (χ0n) is 10.7. The van der Waals surface area contributed by atoms with Crippen LogP contribution < -0.4 is 4.90 Å². The van der Waals surface area contributed by atoms with Crippen LogP contribution in [0.5, 0.6) is 0 Å². The van der Waals surface area contributed by atoms with Gasteiger partial charge in [0.25, 0.3) is 5.69 Å². The van der Waals surface area contributed by atoms with Crippen LogP contribution in [0.25, 0.3) is 0 Å². The minimum atomic E-state index is -2.98. The lowest BCUT2D eigenvalue weighted by Crippen LogP contribution is -2.47. The Hall–Kier alpha value is -1.70. The van der Waals surface area contributed by atoms with Gasteiger partial charge in [-0.15, -0.1) is 0 Å². The average Bonchev–Trinajstić information content (AvgIpc) is 2.26. The summed E-state index contributed by atoms with van der Waals surface area (Å²) in [5, 5.41) is 10.7.